The van der Waals surface area contributed by atoms with Crippen molar-refractivity contribution < 1.29 is 15.0 Å². The van der Waals surface area contributed by atoms with E-state index in [9.17, 15) is 4.79 Å². The number of carbonyl (C=O) groups excluding carboxylic acids is 1. The number of aryl methyl sites for hydroxylation is 1. The number of rotatable bonds is 4. The van der Waals surface area contributed by atoms with Gasteiger partial charge >= 0.3 is 0 Å². The maximum absolute atomic E-state index is 11.3. The number of aliphatic hydroxyl groups excluding tert-OH is 2. The lowest BCUT2D eigenvalue weighted by atomic mass is 10.3. The van der Waals surface area contributed by atoms with Gasteiger partial charge in [-0.3, -0.25) is 9.89 Å². The lowest BCUT2D eigenvalue weighted by Gasteiger charge is -2.10. The van der Waals surface area contributed by atoms with Crippen molar-refractivity contribution >= 4 is 5.91 Å². The number of aliphatic hydroxyl groups is 2. The van der Waals surface area contributed by atoms with Crippen LogP contribution in [0.3, 0.4) is 0 Å². The van der Waals surface area contributed by atoms with Crippen molar-refractivity contribution in [3.63, 3.8) is 0 Å². The minimum Gasteiger partial charge on any atom is -0.394 e. The van der Waals surface area contributed by atoms with Crippen LogP contribution in [0.25, 0.3) is 0 Å². The van der Waals surface area contributed by atoms with E-state index in [1.807, 2.05) is 0 Å². The Hall–Kier alpha value is -1.47. The van der Waals surface area contributed by atoms with E-state index in [-0.39, 0.29) is 19.0 Å². The molecule has 0 atom stereocenters. The molecular weight excluding hydrogens is 188 g/mol. The number of hydrogen-bond acceptors (Lipinski definition) is 5. The van der Waals surface area contributed by atoms with E-state index < -0.39 is 11.9 Å². The molecule has 14 heavy (non-hydrogen) atoms. The molecule has 0 bridgehead atoms. The van der Waals surface area contributed by atoms with E-state index in [2.05, 4.69) is 20.5 Å². The summed E-state index contributed by atoms with van der Waals surface area (Å²) in [5, 5.41) is 25.9. The molecule has 0 unspecified atom stereocenters. The third-order valence-electron chi connectivity index (χ3n) is 1.58. The molecule has 7 nitrogen and oxygen atoms in total. The third-order valence-corrected chi connectivity index (χ3v) is 1.58. The SMILES string of the molecule is Cc1nc(C(=O)NC(CO)CO)n[nH]1. The lowest BCUT2D eigenvalue weighted by molar-refractivity contribution is 0.0869. The fourth-order valence-corrected chi connectivity index (χ4v) is 0.843. The molecule has 1 rings (SSSR count). The average Bonchev–Trinajstić information content (AvgIpc) is 2.61. The summed E-state index contributed by atoms with van der Waals surface area (Å²) in [6.07, 6.45) is 0. The molecular formula is C7H12N4O3. The quantitative estimate of drug-likeness (QED) is 0.458. The molecule has 0 radical (unpaired) electrons. The largest absolute Gasteiger partial charge is 0.394 e. The van der Waals surface area contributed by atoms with Gasteiger partial charge in [-0.2, -0.15) is 0 Å². The predicted molar refractivity (Wildman–Crippen MR) is 46.5 cm³/mol. The van der Waals surface area contributed by atoms with Crippen molar-refractivity contribution in [2.75, 3.05) is 13.2 Å². The monoisotopic (exact) mass is 200 g/mol. The summed E-state index contributed by atoms with van der Waals surface area (Å²) in [4.78, 5) is 15.1. The van der Waals surface area contributed by atoms with Crippen molar-refractivity contribution in [1.29, 1.82) is 0 Å². The first kappa shape index (κ1) is 10.6. The maximum Gasteiger partial charge on any atom is 0.291 e. The van der Waals surface area contributed by atoms with Crippen LogP contribution in [-0.4, -0.2) is 50.6 Å². The van der Waals surface area contributed by atoms with Gasteiger partial charge in [-0.25, -0.2) is 4.98 Å². The smallest absolute Gasteiger partial charge is 0.291 e. The van der Waals surface area contributed by atoms with Gasteiger partial charge in [0.15, 0.2) is 0 Å². The van der Waals surface area contributed by atoms with Crippen LogP contribution in [-0.2, 0) is 0 Å². The van der Waals surface area contributed by atoms with Gasteiger partial charge in [0.05, 0.1) is 19.3 Å². The average molecular weight is 200 g/mol. The van der Waals surface area contributed by atoms with Crippen LogP contribution in [0, 0.1) is 6.92 Å². The van der Waals surface area contributed by atoms with Gasteiger partial charge < -0.3 is 15.5 Å². The first-order valence-electron chi connectivity index (χ1n) is 4.09. The topological polar surface area (TPSA) is 111 Å². The highest BCUT2D eigenvalue weighted by Gasteiger charge is 2.15. The Morgan fingerprint density at radius 3 is 2.64 bits per heavy atom. The van der Waals surface area contributed by atoms with E-state index in [0.717, 1.165) is 0 Å². The second kappa shape index (κ2) is 4.68. The number of carbonyl (C=O) groups is 1. The minimum absolute atomic E-state index is 0.00519. The van der Waals surface area contributed by atoms with Crippen LogP contribution in [0.4, 0.5) is 0 Å². The number of nitrogens with zero attached hydrogens (tertiary/aromatic N) is 2. The molecule has 78 valence electrons. The molecule has 0 saturated carbocycles. The summed E-state index contributed by atoms with van der Waals surface area (Å²) >= 11 is 0. The Labute approximate surface area is 80.2 Å². The van der Waals surface area contributed by atoms with Crippen LogP contribution in [0.5, 0.6) is 0 Å². The van der Waals surface area contributed by atoms with Crippen LogP contribution in [0.1, 0.15) is 16.4 Å². The second-order valence-corrected chi connectivity index (χ2v) is 2.78. The molecule has 0 fully saturated rings. The van der Waals surface area contributed by atoms with E-state index in [1.165, 1.54) is 0 Å². The number of nitrogens with one attached hydrogen (secondary N) is 2. The molecule has 1 aromatic heterocycles. The van der Waals surface area contributed by atoms with E-state index in [4.69, 9.17) is 10.2 Å². The van der Waals surface area contributed by atoms with E-state index in [1.54, 1.807) is 6.92 Å². The van der Waals surface area contributed by atoms with Crippen molar-refractivity contribution in [1.82, 2.24) is 20.5 Å². The highest BCUT2D eigenvalue weighted by atomic mass is 16.3. The van der Waals surface area contributed by atoms with Gasteiger partial charge in [-0.1, -0.05) is 0 Å². The summed E-state index contributed by atoms with van der Waals surface area (Å²) in [6, 6.07) is -0.679. The number of amides is 1. The number of H-pyrrole nitrogens is 1. The molecule has 4 N–H and O–H groups in total. The van der Waals surface area contributed by atoms with Crippen molar-refractivity contribution in [3.8, 4) is 0 Å². The van der Waals surface area contributed by atoms with Crippen molar-refractivity contribution in [2.24, 2.45) is 0 Å². The molecule has 0 aromatic carbocycles. The zero-order valence-electron chi connectivity index (χ0n) is 7.69. The van der Waals surface area contributed by atoms with Crippen LogP contribution < -0.4 is 5.32 Å². The Balaban J connectivity index is 2.58. The van der Waals surface area contributed by atoms with E-state index >= 15 is 0 Å². The number of aromatic amines is 1. The third kappa shape index (κ3) is 2.51. The maximum atomic E-state index is 11.3. The van der Waals surface area contributed by atoms with Gasteiger partial charge in [-0.15, -0.1) is 5.10 Å². The van der Waals surface area contributed by atoms with Gasteiger partial charge in [-0.05, 0) is 6.92 Å². The van der Waals surface area contributed by atoms with Crippen LogP contribution in [0.15, 0.2) is 0 Å². The summed E-state index contributed by atoms with van der Waals surface area (Å²) in [7, 11) is 0. The van der Waals surface area contributed by atoms with E-state index in [0.29, 0.717) is 5.82 Å². The minimum atomic E-state index is -0.679. The lowest BCUT2D eigenvalue weighted by Crippen LogP contribution is -2.40. The first-order chi connectivity index (χ1) is 6.67. The Morgan fingerprint density at radius 2 is 2.21 bits per heavy atom. The summed E-state index contributed by atoms with van der Waals surface area (Å²) in [5.41, 5.74) is 0. The molecule has 1 heterocycles. The Morgan fingerprint density at radius 1 is 1.57 bits per heavy atom. The van der Waals surface area contributed by atoms with Gasteiger partial charge in [0.25, 0.3) is 5.91 Å². The fraction of sp³-hybridized carbons (Fsp3) is 0.571. The second-order valence-electron chi connectivity index (χ2n) is 2.78. The Kier molecular flexibility index (Phi) is 3.55. The first-order valence-corrected chi connectivity index (χ1v) is 4.09. The van der Waals surface area contributed by atoms with Crippen LogP contribution >= 0.6 is 0 Å². The number of hydrogen-bond donors (Lipinski definition) is 4. The zero-order valence-corrected chi connectivity index (χ0v) is 7.69. The molecule has 7 heteroatoms. The highest BCUT2D eigenvalue weighted by molar-refractivity contribution is 5.90. The summed E-state index contributed by atoms with van der Waals surface area (Å²) in [6.45, 7) is 1.01. The van der Waals surface area contributed by atoms with Crippen molar-refractivity contribution in [3.05, 3.63) is 11.6 Å². The molecule has 0 aliphatic rings. The Bertz CT molecular complexity index is 308. The summed E-state index contributed by atoms with van der Waals surface area (Å²) < 4.78 is 0. The van der Waals surface area contributed by atoms with Gasteiger partial charge in [0, 0.05) is 0 Å². The zero-order chi connectivity index (χ0) is 10.6. The normalized spacial score (nSPS) is 10.6. The summed E-state index contributed by atoms with van der Waals surface area (Å²) in [5.74, 6) is -0.00320. The van der Waals surface area contributed by atoms with Gasteiger partial charge in [0.1, 0.15) is 5.82 Å². The molecule has 0 saturated heterocycles. The standard InChI is InChI=1S/C7H12N4O3/c1-4-8-6(11-10-4)7(14)9-5(2-12)3-13/h5,12-13H,2-3H2,1H3,(H,9,14)(H,8,10,11). The molecule has 0 aliphatic heterocycles. The predicted octanol–water partition coefficient (Wildman–Crippen LogP) is -1.80. The molecule has 0 spiro atoms. The van der Waals surface area contributed by atoms with Crippen LogP contribution in [0.2, 0.25) is 0 Å². The van der Waals surface area contributed by atoms with Crippen molar-refractivity contribution in [2.45, 2.75) is 13.0 Å². The highest BCUT2D eigenvalue weighted by Crippen LogP contribution is 1.91. The molecule has 0 aliphatic carbocycles. The molecule has 1 amide bonds. The molecule has 1 aromatic rings. The van der Waals surface area contributed by atoms with Gasteiger partial charge in [0.2, 0.25) is 5.82 Å². The fourth-order valence-electron chi connectivity index (χ4n) is 0.843. The number of aromatic nitrogens is 3.